The maximum atomic E-state index is 13.4. The first-order valence-electron chi connectivity index (χ1n) is 11.6. The summed E-state index contributed by atoms with van der Waals surface area (Å²) in [7, 11) is 4.66. The van der Waals surface area contributed by atoms with Crippen LogP contribution in [0.2, 0.25) is 0 Å². The molecule has 0 radical (unpaired) electrons. The van der Waals surface area contributed by atoms with Crippen LogP contribution in [0.5, 0.6) is 17.2 Å². The molecule has 184 valence electrons. The Labute approximate surface area is 209 Å². The van der Waals surface area contributed by atoms with Crippen LogP contribution in [-0.4, -0.2) is 41.9 Å². The third kappa shape index (κ3) is 3.85. The summed E-state index contributed by atoms with van der Waals surface area (Å²) in [6, 6.07) is 12.5. The molecular weight excluding hydrogens is 458 g/mol. The number of nitriles is 1. The Kier molecular flexibility index (Phi) is 5.67. The van der Waals surface area contributed by atoms with E-state index in [2.05, 4.69) is 25.2 Å². The number of ketones is 1. The van der Waals surface area contributed by atoms with Crippen molar-refractivity contribution in [2.75, 3.05) is 26.6 Å². The predicted octanol–water partition coefficient (Wildman–Crippen LogP) is 4.50. The lowest BCUT2D eigenvalue weighted by atomic mass is 9.73. The Morgan fingerprint density at radius 3 is 2.31 bits per heavy atom. The smallest absolute Gasteiger partial charge is 0.226 e. The molecule has 9 nitrogen and oxygen atoms in total. The maximum absolute atomic E-state index is 13.4. The van der Waals surface area contributed by atoms with Crippen LogP contribution in [0, 0.1) is 16.7 Å². The molecule has 9 heteroatoms. The summed E-state index contributed by atoms with van der Waals surface area (Å²) >= 11 is 0. The molecule has 0 bridgehead atoms. The first-order chi connectivity index (χ1) is 17.3. The monoisotopic (exact) mass is 485 g/mol. The van der Waals surface area contributed by atoms with Gasteiger partial charge in [-0.05, 0) is 41.7 Å². The van der Waals surface area contributed by atoms with E-state index >= 15 is 0 Å². The molecule has 2 aromatic carbocycles. The fourth-order valence-electron chi connectivity index (χ4n) is 4.99. The number of carbonyl (C=O) groups excluding carboxylic acids is 1. The molecule has 3 aromatic rings. The SMILES string of the molecule is COc1cc(-c2nc3n(n2)C(c2ccc(C#N)cc2)C2=C(CC(C)(C)CC2=O)N3)cc(OC)c1OC. The van der Waals surface area contributed by atoms with Gasteiger partial charge in [0.2, 0.25) is 11.7 Å². The van der Waals surface area contributed by atoms with Crippen LogP contribution in [-0.2, 0) is 4.79 Å². The highest BCUT2D eigenvalue weighted by Crippen LogP contribution is 2.46. The van der Waals surface area contributed by atoms with E-state index in [4.69, 9.17) is 24.3 Å². The number of Topliss-reactive ketones (excluding diaryl/α,β-unsaturated/α-hetero) is 1. The van der Waals surface area contributed by atoms with Gasteiger partial charge in [-0.25, -0.2) is 4.68 Å². The van der Waals surface area contributed by atoms with Crippen molar-refractivity contribution < 1.29 is 19.0 Å². The van der Waals surface area contributed by atoms with Crippen molar-refractivity contribution in [3.8, 4) is 34.7 Å². The molecule has 2 heterocycles. The Hall–Kier alpha value is -4.32. The molecule has 0 saturated heterocycles. The van der Waals surface area contributed by atoms with Crippen LogP contribution < -0.4 is 19.5 Å². The van der Waals surface area contributed by atoms with E-state index in [9.17, 15) is 10.1 Å². The van der Waals surface area contributed by atoms with E-state index in [0.29, 0.717) is 58.6 Å². The predicted molar refractivity (Wildman–Crippen MR) is 133 cm³/mol. The molecule has 1 unspecified atom stereocenters. The standard InChI is InChI=1S/C27H27N5O4/c1-27(2)12-18-22(19(33)13-27)23(16-8-6-15(14-28)7-9-16)32-26(29-18)30-25(31-32)17-10-20(34-3)24(36-5)21(11-17)35-4/h6-11,23H,12-13H2,1-5H3,(H,29,30,31). The molecule has 1 N–H and O–H groups in total. The first kappa shape index (κ1) is 23.4. The molecule has 0 saturated carbocycles. The van der Waals surface area contributed by atoms with Crippen molar-refractivity contribution in [2.24, 2.45) is 5.41 Å². The second-order valence-electron chi connectivity index (χ2n) is 9.71. The second-order valence-corrected chi connectivity index (χ2v) is 9.71. The van der Waals surface area contributed by atoms with Crippen LogP contribution in [0.1, 0.15) is 43.9 Å². The molecule has 1 aliphatic carbocycles. The van der Waals surface area contributed by atoms with E-state index < -0.39 is 6.04 Å². The van der Waals surface area contributed by atoms with Gasteiger partial charge in [-0.15, -0.1) is 5.10 Å². The molecule has 1 aliphatic heterocycles. The van der Waals surface area contributed by atoms with E-state index in [1.807, 2.05) is 12.1 Å². The first-order valence-corrected chi connectivity index (χ1v) is 11.6. The zero-order chi connectivity index (χ0) is 25.6. The van der Waals surface area contributed by atoms with Gasteiger partial charge in [0.05, 0.1) is 33.0 Å². The van der Waals surface area contributed by atoms with Crippen molar-refractivity contribution in [1.82, 2.24) is 14.8 Å². The fourth-order valence-corrected chi connectivity index (χ4v) is 4.99. The van der Waals surface area contributed by atoms with Gasteiger partial charge in [0, 0.05) is 23.3 Å². The lowest BCUT2D eigenvalue weighted by Crippen LogP contribution is -2.36. The summed E-state index contributed by atoms with van der Waals surface area (Å²) in [5, 5.41) is 17.5. The average molecular weight is 486 g/mol. The number of carbonyl (C=O) groups is 1. The number of hydrogen-bond donors (Lipinski definition) is 1. The highest BCUT2D eigenvalue weighted by atomic mass is 16.5. The highest BCUT2D eigenvalue weighted by Gasteiger charge is 2.42. The minimum absolute atomic E-state index is 0.0820. The number of hydrogen-bond acceptors (Lipinski definition) is 8. The van der Waals surface area contributed by atoms with Gasteiger partial charge in [-0.1, -0.05) is 26.0 Å². The Bertz CT molecular complexity index is 1400. The van der Waals surface area contributed by atoms with Gasteiger partial charge in [-0.2, -0.15) is 10.2 Å². The van der Waals surface area contributed by atoms with E-state index in [1.54, 1.807) is 50.3 Å². The molecule has 0 spiro atoms. The summed E-state index contributed by atoms with van der Waals surface area (Å²) in [4.78, 5) is 18.2. The topological polar surface area (TPSA) is 111 Å². The third-order valence-electron chi connectivity index (χ3n) is 6.61. The number of methoxy groups -OCH3 is 3. The Morgan fingerprint density at radius 1 is 1.06 bits per heavy atom. The van der Waals surface area contributed by atoms with Crippen LogP contribution >= 0.6 is 0 Å². The van der Waals surface area contributed by atoms with Crippen molar-refractivity contribution in [3.63, 3.8) is 0 Å². The summed E-state index contributed by atoms with van der Waals surface area (Å²) in [6.07, 6.45) is 1.16. The minimum Gasteiger partial charge on any atom is -0.493 e. The van der Waals surface area contributed by atoms with Gasteiger partial charge < -0.3 is 19.5 Å². The number of ether oxygens (including phenoxy) is 3. The molecule has 0 fully saturated rings. The quantitative estimate of drug-likeness (QED) is 0.562. The second kappa shape index (κ2) is 8.72. The van der Waals surface area contributed by atoms with E-state index in [1.165, 1.54) is 0 Å². The van der Waals surface area contributed by atoms with Crippen LogP contribution in [0.4, 0.5) is 5.95 Å². The van der Waals surface area contributed by atoms with Crippen molar-refractivity contribution in [2.45, 2.75) is 32.7 Å². The van der Waals surface area contributed by atoms with Crippen molar-refractivity contribution in [1.29, 1.82) is 5.26 Å². The van der Waals surface area contributed by atoms with Crippen molar-refractivity contribution >= 4 is 11.7 Å². The van der Waals surface area contributed by atoms with Gasteiger partial charge >= 0.3 is 0 Å². The number of nitrogens with zero attached hydrogens (tertiary/aromatic N) is 4. The molecule has 1 atom stereocenters. The molecule has 0 amide bonds. The number of anilines is 1. The van der Waals surface area contributed by atoms with Gasteiger partial charge in [0.15, 0.2) is 23.1 Å². The summed E-state index contributed by atoms with van der Waals surface area (Å²) in [6.45, 7) is 4.18. The number of fused-ring (bicyclic) bond motifs is 1. The number of allylic oxidation sites excluding steroid dienone is 2. The lowest BCUT2D eigenvalue weighted by molar-refractivity contribution is -0.118. The number of nitrogens with one attached hydrogen (secondary N) is 1. The highest BCUT2D eigenvalue weighted by molar-refractivity contribution is 6.00. The number of benzene rings is 2. The van der Waals surface area contributed by atoms with Crippen LogP contribution in [0.15, 0.2) is 47.7 Å². The molecular formula is C27H27N5O4. The average Bonchev–Trinajstić information content (AvgIpc) is 3.29. The minimum atomic E-state index is -0.462. The zero-order valence-electron chi connectivity index (χ0n) is 20.9. The van der Waals surface area contributed by atoms with E-state index in [0.717, 1.165) is 11.3 Å². The van der Waals surface area contributed by atoms with Crippen molar-refractivity contribution in [3.05, 3.63) is 58.8 Å². The normalized spacial score (nSPS) is 18.0. The largest absolute Gasteiger partial charge is 0.493 e. The summed E-state index contributed by atoms with van der Waals surface area (Å²) in [5.74, 6) is 2.53. The Balaban J connectivity index is 1.67. The lowest BCUT2D eigenvalue weighted by Gasteiger charge is -2.38. The number of rotatable bonds is 5. The fraction of sp³-hybridized carbons (Fsp3) is 0.333. The molecule has 36 heavy (non-hydrogen) atoms. The van der Waals surface area contributed by atoms with Gasteiger partial charge in [0.1, 0.15) is 6.04 Å². The number of aromatic nitrogens is 3. The third-order valence-corrected chi connectivity index (χ3v) is 6.61. The van der Waals surface area contributed by atoms with E-state index in [-0.39, 0.29) is 11.2 Å². The summed E-state index contributed by atoms with van der Waals surface area (Å²) in [5.41, 5.74) is 3.47. The van der Waals surface area contributed by atoms with Gasteiger partial charge in [-0.3, -0.25) is 4.79 Å². The molecule has 2 aliphatic rings. The molecule has 5 rings (SSSR count). The zero-order valence-corrected chi connectivity index (χ0v) is 20.9. The maximum Gasteiger partial charge on any atom is 0.226 e. The van der Waals surface area contributed by atoms with Crippen LogP contribution in [0.3, 0.4) is 0 Å². The van der Waals surface area contributed by atoms with Gasteiger partial charge in [0.25, 0.3) is 0 Å². The van der Waals surface area contributed by atoms with Crippen LogP contribution in [0.25, 0.3) is 11.4 Å². The molecule has 1 aromatic heterocycles. The Morgan fingerprint density at radius 2 is 1.72 bits per heavy atom. The summed E-state index contributed by atoms with van der Waals surface area (Å²) < 4.78 is 18.2.